The summed E-state index contributed by atoms with van der Waals surface area (Å²) in [5, 5.41) is 9.37. The van der Waals surface area contributed by atoms with Crippen molar-refractivity contribution in [2.75, 3.05) is 0 Å². The van der Waals surface area contributed by atoms with Crippen molar-refractivity contribution in [3.63, 3.8) is 0 Å². The van der Waals surface area contributed by atoms with Gasteiger partial charge in [0.1, 0.15) is 0 Å². The minimum atomic E-state index is -1.52. The van der Waals surface area contributed by atoms with Crippen molar-refractivity contribution < 1.29 is 18.3 Å². The third-order valence-corrected chi connectivity index (χ3v) is 1.69. The molecule has 72 valence electrons. The summed E-state index contributed by atoms with van der Waals surface area (Å²) in [6.45, 7) is 2.72. The van der Waals surface area contributed by atoms with Crippen LogP contribution in [0.4, 0.5) is 13.2 Å². The molecule has 0 radical (unpaired) electrons. The predicted octanol–water partition coefficient (Wildman–Crippen LogP) is 2.33. The van der Waals surface area contributed by atoms with Crippen LogP contribution >= 0.6 is 0 Å². The molecule has 1 aromatic carbocycles. The molecule has 0 saturated carbocycles. The van der Waals surface area contributed by atoms with Crippen molar-refractivity contribution in [1.82, 2.24) is 0 Å². The van der Waals surface area contributed by atoms with E-state index in [1.54, 1.807) is 0 Å². The molecule has 0 unspecified atom stereocenters. The molecule has 1 nitrogen and oxygen atoms in total. The maximum Gasteiger partial charge on any atom is 0.194 e. The Kier molecular flexibility index (Phi) is 2.34. The highest BCUT2D eigenvalue weighted by Gasteiger charge is 2.20. The Morgan fingerprint density at radius 1 is 1.08 bits per heavy atom. The van der Waals surface area contributed by atoms with E-state index in [9.17, 15) is 18.3 Å². The molecule has 0 heterocycles. The maximum atomic E-state index is 12.6. The van der Waals surface area contributed by atoms with Crippen LogP contribution in [0.25, 0.3) is 0 Å². The van der Waals surface area contributed by atoms with Crippen molar-refractivity contribution in [2.45, 2.75) is 19.4 Å². The van der Waals surface area contributed by atoms with Crippen molar-refractivity contribution >= 4 is 0 Å². The summed E-state index contributed by atoms with van der Waals surface area (Å²) in [4.78, 5) is 0. The van der Waals surface area contributed by atoms with Crippen LogP contribution < -0.4 is 0 Å². The number of hydrogen-bond donors (Lipinski definition) is 1. The summed E-state index contributed by atoms with van der Waals surface area (Å²) in [5.41, 5.74) is -1.38. The molecule has 0 aliphatic rings. The van der Waals surface area contributed by atoms with Gasteiger partial charge < -0.3 is 5.11 Å². The normalized spacial score (nSPS) is 11.8. The van der Waals surface area contributed by atoms with E-state index in [4.69, 9.17) is 0 Å². The van der Waals surface area contributed by atoms with E-state index < -0.39 is 23.1 Å². The third-order valence-electron chi connectivity index (χ3n) is 1.69. The standard InChI is InChI=1S/C9H9F3O/c1-9(2,13)5-3-6(10)8(12)7(11)4-5/h3-4,13H,1-2H3. The number of hydrogen-bond acceptors (Lipinski definition) is 1. The maximum absolute atomic E-state index is 12.6. The first kappa shape index (κ1) is 10.1. The smallest absolute Gasteiger partial charge is 0.194 e. The summed E-state index contributed by atoms with van der Waals surface area (Å²) in [7, 11) is 0. The Morgan fingerprint density at radius 3 is 1.77 bits per heavy atom. The average Bonchev–Trinajstić information content (AvgIpc) is 1.97. The quantitative estimate of drug-likeness (QED) is 0.674. The van der Waals surface area contributed by atoms with Crippen LogP contribution in [0.3, 0.4) is 0 Å². The lowest BCUT2D eigenvalue weighted by Gasteiger charge is -2.17. The Balaban J connectivity index is 3.29. The largest absolute Gasteiger partial charge is 0.386 e. The Labute approximate surface area is 73.8 Å². The van der Waals surface area contributed by atoms with Crippen LogP contribution in [0.1, 0.15) is 19.4 Å². The SMILES string of the molecule is CC(C)(O)c1cc(F)c(F)c(F)c1. The second-order valence-electron chi connectivity index (χ2n) is 3.31. The van der Waals surface area contributed by atoms with E-state index in [1.165, 1.54) is 13.8 Å². The van der Waals surface area contributed by atoms with E-state index in [1.807, 2.05) is 0 Å². The molecular weight excluding hydrogens is 181 g/mol. The first-order valence-electron chi connectivity index (χ1n) is 3.70. The van der Waals surface area contributed by atoms with Gasteiger partial charge in [0.05, 0.1) is 5.60 Å². The molecule has 4 heteroatoms. The van der Waals surface area contributed by atoms with Crippen LogP contribution in [-0.4, -0.2) is 5.11 Å². The summed E-state index contributed by atoms with van der Waals surface area (Å²) in [6, 6.07) is 1.55. The Bertz CT molecular complexity index is 305. The zero-order chi connectivity index (χ0) is 10.2. The van der Waals surface area contributed by atoms with Gasteiger partial charge in [0.2, 0.25) is 0 Å². The zero-order valence-corrected chi connectivity index (χ0v) is 7.24. The molecule has 0 aliphatic carbocycles. The molecule has 13 heavy (non-hydrogen) atoms. The highest BCUT2D eigenvalue weighted by atomic mass is 19.2. The minimum absolute atomic E-state index is 0.00361. The summed E-state index contributed by atoms with van der Waals surface area (Å²) >= 11 is 0. The van der Waals surface area contributed by atoms with Gasteiger partial charge in [0.15, 0.2) is 17.5 Å². The van der Waals surface area contributed by atoms with E-state index in [-0.39, 0.29) is 5.56 Å². The van der Waals surface area contributed by atoms with Crippen LogP contribution in [0, 0.1) is 17.5 Å². The molecule has 0 fully saturated rings. The van der Waals surface area contributed by atoms with Gasteiger partial charge in [-0.1, -0.05) is 0 Å². The van der Waals surface area contributed by atoms with Gasteiger partial charge in [-0.25, -0.2) is 13.2 Å². The van der Waals surface area contributed by atoms with Gasteiger partial charge in [-0.3, -0.25) is 0 Å². The fourth-order valence-electron chi connectivity index (χ4n) is 0.909. The lowest BCUT2D eigenvalue weighted by atomic mass is 9.98. The molecule has 0 aromatic heterocycles. The predicted molar refractivity (Wildman–Crippen MR) is 41.6 cm³/mol. The van der Waals surface area contributed by atoms with Gasteiger partial charge in [-0.15, -0.1) is 0 Å². The van der Waals surface area contributed by atoms with Gasteiger partial charge >= 0.3 is 0 Å². The molecular formula is C9H9F3O. The van der Waals surface area contributed by atoms with Crippen molar-refractivity contribution in [3.8, 4) is 0 Å². The van der Waals surface area contributed by atoms with Crippen LogP contribution in [0.15, 0.2) is 12.1 Å². The number of rotatable bonds is 1. The van der Waals surface area contributed by atoms with E-state index in [0.717, 1.165) is 12.1 Å². The average molecular weight is 190 g/mol. The Morgan fingerprint density at radius 2 is 1.46 bits per heavy atom. The molecule has 0 spiro atoms. The zero-order valence-electron chi connectivity index (χ0n) is 7.24. The second kappa shape index (κ2) is 3.03. The molecule has 1 rings (SSSR count). The highest BCUT2D eigenvalue weighted by Crippen LogP contribution is 2.23. The number of aliphatic hydroxyl groups is 1. The van der Waals surface area contributed by atoms with E-state index in [0.29, 0.717) is 0 Å². The number of benzene rings is 1. The molecule has 0 aliphatic heterocycles. The number of halogens is 3. The second-order valence-corrected chi connectivity index (χ2v) is 3.31. The van der Waals surface area contributed by atoms with Gasteiger partial charge in [0, 0.05) is 0 Å². The molecule has 0 atom stereocenters. The van der Waals surface area contributed by atoms with E-state index >= 15 is 0 Å². The van der Waals surface area contributed by atoms with Crippen molar-refractivity contribution in [2.24, 2.45) is 0 Å². The van der Waals surface area contributed by atoms with E-state index in [2.05, 4.69) is 0 Å². The summed E-state index contributed by atoms with van der Waals surface area (Å²) in [5.74, 6) is -4.11. The molecule has 1 aromatic rings. The molecule has 0 saturated heterocycles. The molecule has 0 amide bonds. The monoisotopic (exact) mass is 190 g/mol. The van der Waals surface area contributed by atoms with Crippen LogP contribution in [0.5, 0.6) is 0 Å². The topological polar surface area (TPSA) is 20.2 Å². The lowest BCUT2D eigenvalue weighted by Crippen LogP contribution is -2.16. The van der Waals surface area contributed by atoms with Crippen LogP contribution in [0.2, 0.25) is 0 Å². The van der Waals surface area contributed by atoms with Crippen molar-refractivity contribution in [1.29, 1.82) is 0 Å². The lowest BCUT2D eigenvalue weighted by molar-refractivity contribution is 0.0776. The van der Waals surface area contributed by atoms with Gasteiger partial charge in [0.25, 0.3) is 0 Å². The summed E-state index contributed by atoms with van der Waals surface area (Å²) in [6.07, 6.45) is 0. The van der Waals surface area contributed by atoms with Gasteiger partial charge in [-0.05, 0) is 31.5 Å². The minimum Gasteiger partial charge on any atom is -0.386 e. The molecule has 0 bridgehead atoms. The summed E-state index contributed by atoms with van der Waals surface area (Å²) < 4.78 is 37.8. The van der Waals surface area contributed by atoms with Crippen molar-refractivity contribution in [3.05, 3.63) is 35.1 Å². The fraction of sp³-hybridized carbons (Fsp3) is 0.333. The Hall–Kier alpha value is -1.03. The fourth-order valence-corrected chi connectivity index (χ4v) is 0.909. The third kappa shape index (κ3) is 2.01. The van der Waals surface area contributed by atoms with Gasteiger partial charge in [-0.2, -0.15) is 0 Å². The van der Waals surface area contributed by atoms with Crippen LogP contribution in [-0.2, 0) is 5.60 Å². The first-order valence-corrected chi connectivity index (χ1v) is 3.70. The molecule has 1 N–H and O–H groups in total. The first-order chi connectivity index (χ1) is 5.82. The highest BCUT2D eigenvalue weighted by molar-refractivity contribution is 5.23.